The molecule has 0 bridgehead atoms. The summed E-state index contributed by atoms with van der Waals surface area (Å²) in [7, 11) is -0.812. The van der Waals surface area contributed by atoms with Gasteiger partial charge in [-0.3, -0.25) is 4.79 Å². The number of hydrogen-bond donors (Lipinski definition) is 1. The van der Waals surface area contributed by atoms with E-state index in [4.69, 9.17) is 9.47 Å². The normalized spacial score (nSPS) is 15.4. The average molecular weight is 475 g/mol. The van der Waals surface area contributed by atoms with Crippen LogP contribution in [0.1, 0.15) is 61.5 Å². The maximum Gasteiger partial charge on any atom is 0.257 e. The lowest BCUT2D eigenvalue weighted by molar-refractivity contribution is 0.0720. The van der Waals surface area contributed by atoms with Crippen LogP contribution < -0.4 is 14.2 Å². The first kappa shape index (κ1) is 25.1. The molecule has 1 saturated heterocycles. The quantitative estimate of drug-likeness (QED) is 0.582. The number of nitrogens with one attached hydrogen (secondary N) is 1. The van der Waals surface area contributed by atoms with Crippen molar-refractivity contribution in [3.05, 3.63) is 53.6 Å². The minimum atomic E-state index is -3.89. The number of rotatable bonds is 9. The summed E-state index contributed by atoms with van der Waals surface area (Å²) in [6.45, 7) is 5.44. The van der Waals surface area contributed by atoms with Gasteiger partial charge in [0.15, 0.2) is 0 Å². The summed E-state index contributed by atoms with van der Waals surface area (Å²) >= 11 is 0. The molecule has 1 heterocycles. The lowest BCUT2D eigenvalue weighted by Crippen LogP contribution is -2.36. The maximum atomic E-state index is 13.4. The number of amides is 1. The number of sulfonamides is 1. The molecule has 1 atom stereocenters. The SMILES string of the molecule is COc1ccc(C(CC(C)C)NS(=O)(=O)c2ccc(OC)c(C(=O)N3CCCCC3)c2)cc1. The van der Waals surface area contributed by atoms with Crippen LogP contribution in [-0.2, 0) is 10.0 Å². The van der Waals surface area contributed by atoms with Crippen molar-refractivity contribution in [2.24, 2.45) is 5.92 Å². The Morgan fingerprint density at radius 2 is 1.67 bits per heavy atom. The highest BCUT2D eigenvalue weighted by molar-refractivity contribution is 7.89. The first-order chi connectivity index (χ1) is 15.7. The standard InChI is InChI=1S/C25H34N2O5S/c1-18(2)16-23(19-8-10-20(31-3)11-9-19)26-33(29,30)21-12-13-24(32-4)22(17-21)25(28)27-14-6-5-7-15-27/h8-13,17-18,23,26H,5-7,14-16H2,1-4H3. The largest absolute Gasteiger partial charge is 0.497 e. The summed E-state index contributed by atoms with van der Waals surface area (Å²) in [4.78, 5) is 14.9. The zero-order valence-corrected chi connectivity index (χ0v) is 20.7. The molecule has 0 radical (unpaired) electrons. The molecule has 0 saturated carbocycles. The summed E-state index contributed by atoms with van der Waals surface area (Å²) in [6, 6.07) is 11.4. The van der Waals surface area contributed by atoms with E-state index in [1.54, 1.807) is 18.1 Å². The highest BCUT2D eigenvalue weighted by Crippen LogP contribution is 2.29. The summed E-state index contributed by atoms with van der Waals surface area (Å²) in [5.41, 5.74) is 1.12. The molecule has 1 amide bonds. The van der Waals surface area contributed by atoms with Crippen molar-refractivity contribution < 1.29 is 22.7 Å². The molecule has 33 heavy (non-hydrogen) atoms. The first-order valence-corrected chi connectivity index (χ1v) is 12.9. The molecule has 3 rings (SSSR count). The summed E-state index contributed by atoms with van der Waals surface area (Å²) in [5.74, 6) is 1.16. The molecule has 1 fully saturated rings. The number of methoxy groups -OCH3 is 2. The van der Waals surface area contributed by atoms with Crippen LogP contribution >= 0.6 is 0 Å². The van der Waals surface area contributed by atoms with E-state index in [-0.39, 0.29) is 22.3 Å². The van der Waals surface area contributed by atoms with E-state index in [1.165, 1.54) is 19.2 Å². The van der Waals surface area contributed by atoms with Gasteiger partial charge in [0.25, 0.3) is 5.91 Å². The topological polar surface area (TPSA) is 84.9 Å². The number of benzene rings is 2. The van der Waals surface area contributed by atoms with Gasteiger partial charge in [0, 0.05) is 19.1 Å². The molecule has 1 aliphatic heterocycles. The monoisotopic (exact) mass is 474 g/mol. The van der Waals surface area contributed by atoms with Crippen LogP contribution in [0.25, 0.3) is 0 Å². The maximum absolute atomic E-state index is 13.4. The van der Waals surface area contributed by atoms with Crippen LogP contribution in [0, 0.1) is 5.92 Å². The molecule has 1 N–H and O–H groups in total. The predicted octanol–water partition coefficient (Wildman–Crippen LogP) is 4.40. The molecule has 1 aliphatic rings. The highest BCUT2D eigenvalue weighted by Gasteiger charge is 2.27. The lowest BCUT2D eigenvalue weighted by Gasteiger charge is -2.27. The Balaban J connectivity index is 1.91. The van der Waals surface area contributed by atoms with E-state index in [9.17, 15) is 13.2 Å². The molecule has 180 valence electrons. The molecule has 0 spiro atoms. The van der Waals surface area contributed by atoms with Crippen molar-refractivity contribution in [3.63, 3.8) is 0 Å². The van der Waals surface area contributed by atoms with Crippen LogP contribution in [0.5, 0.6) is 11.5 Å². The van der Waals surface area contributed by atoms with E-state index in [0.29, 0.717) is 31.0 Å². The molecule has 2 aromatic rings. The fourth-order valence-corrected chi connectivity index (χ4v) is 5.37. The summed E-state index contributed by atoms with van der Waals surface area (Å²) in [6.07, 6.45) is 3.63. The second-order valence-electron chi connectivity index (χ2n) is 8.79. The Labute approximate surface area is 197 Å². The molecular formula is C25H34N2O5S. The van der Waals surface area contributed by atoms with Crippen molar-refractivity contribution in [3.8, 4) is 11.5 Å². The number of ether oxygens (including phenoxy) is 2. The van der Waals surface area contributed by atoms with E-state index in [1.807, 2.05) is 38.1 Å². The molecule has 8 heteroatoms. The van der Waals surface area contributed by atoms with Gasteiger partial charge in [-0.25, -0.2) is 13.1 Å². The zero-order chi connectivity index (χ0) is 24.0. The van der Waals surface area contributed by atoms with Crippen molar-refractivity contribution in [1.82, 2.24) is 9.62 Å². The first-order valence-electron chi connectivity index (χ1n) is 11.4. The van der Waals surface area contributed by atoms with Gasteiger partial charge in [-0.1, -0.05) is 26.0 Å². The van der Waals surface area contributed by atoms with Gasteiger partial charge in [0.05, 0.1) is 24.7 Å². The van der Waals surface area contributed by atoms with Crippen LogP contribution in [0.3, 0.4) is 0 Å². The Kier molecular flexibility index (Phi) is 8.37. The number of carbonyl (C=O) groups excluding carboxylic acids is 1. The summed E-state index contributed by atoms with van der Waals surface area (Å²) < 4.78 is 40.2. The highest BCUT2D eigenvalue weighted by atomic mass is 32.2. The number of nitrogens with zero attached hydrogens (tertiary/aromatic N) is 1. The van der Waals surface area contributed by atoms with Crippen molar-refractivity contribution >= 4 is 15.9 Å². The van der Waals surface area contributed by atoms with Crippen LogP contribution in [0.15, 0.2) is 47.4 Å². The third-order valence-corrected chi connectivity index (χ3v) is 7.35. The van der Waals surface area contributed by atoms with Gasteiger partial charge in [-0.2, -0.15) is 0 Å². The Morgan fingerprint density at radius 3 is 2.24 bits per heavy atom. The molecule has 1 unspecified atom stereocenters. The molecule has 2 aromatic carbocycles. The Bertz CT molecular complexity index is 1040. The Morgan fingerprint density at radius 1 is 1.00 bits per heavy atom. The van der Waals surface area contributed by atoms with Gasteiger partial charge in [0.2, 0.25) is 10.0 Å². The van der Waals surface area contributed by atoms with E-state index in [0.717, 1.165) is 24.8 Å². The number of piperidine rings is 1. The van der Waals surface area contributed by atoms with Crippen molar-refractivity contribution in [2.45, 2.75) is 50.5 Å². The number of carbonyl (C=O) groups is 1. The molecular weight excluding hydrogens is 440 g/mol. The second kappa shape index (κ2) is 11.0. The fourth-order valence-electron chi connectivity index (χ4n) is 4.10. The van der Waals surface area contributed by atoms with Gasteiger partial charge < -0.3 is 14.4 Å². The minimum Gasteiger partial charge on any atom is -0.497 e. The van der Waals surface area contributed by atoms with E-state index >= 15 is 0 Å². The lowest BCUT2D eigenvalue weighted by atomic mass is 9.98. The molecule has 7 nitrogen and oxygen atoms in total. The van der Waals surface area contributed by atoms with Gasteiger partial charge >= 0.3 is 0 Å². The Hall–Kier alpha value is -2.58. The van der Waals surface area contributed by atoms with Crippen LogP contribution in [-0.4, -0.2) is 46.5 Å². The predicted molar refractivity (Wildman–Crippen MR) is 128 cm³/mol. The second-order valence-corrected chi connectivity index (χ2v) is 10.5. The van der Waals surface area contributed by atoms with E-state index in [2.05, 4.69) is 4.72 Å². The molecule has 0 aromatic heterocycles. The van der Waals surface area contributed by atoms with Crippen molar-refractivity contribution in [1.29, 1.82) is 0 Å². The van der Waals surface area contributed by atoms with Gasteiger partial charge in [-0.05, 0) is 67.5 Å². The molecule has 0 aliphatic carbocycles. The smallest absolute Gasteiger partial charge is 0.257 e. The third kappa shape index (κ3) is 6.26. The van der Waals surface area contributed by atoms with Gasteiger partial charge in [0.1, 0.15) is 11.5 Å². The summed E-state index contributed by atoms with van der Waals surface area (Å²) in [5, 5.41) is 0. The zero-order valence-electron chi connectivity index (χ0n) is 19.8. The van der Waals surface area contributed by atoms with E-state index < -0.39 is 16.1 Å². The van der Waals surface area contributed by atoms with Crippen LogP contribution in [0.4, 0.5) is 0 Å². The van der Waals surface area contributed by atoms with Crippen molar-refractivity contribution in [2.75, 3.05) is 27.3 Å². The van der Waals surface area contributed by atoms with Crippen LogP contribution in [0.2, 0.25) is 0 Å². The fraction of sp³-hybridized carbons (Fsp3) is 0.480. The number of likely N-dealkylation sites (tertiary alicyclic amines) is 1. The third-order valence-electron chi connectivity index (χ3n) is 5.88. The minimum absolute atomic E-state index is 0.0472. The average Bonchev–Trinajstić information content (AvgIpc) is 2.83. The number of hydrogen-bond acceptors (Lipinski definition) is 5. The van der Waals surface area contributed by atoms with Gasteiger partial charge in [-0.15, -0.1) is 0 Å².